The molecule has 2 aromatic heterocycles. The van der Waals surface area contributed by atoms with Crippen molar-refractivity contribution < 1.29 is 13.7 Å². The molecule has 0 radical (unpaired) electrons. The highest BCUT2D eigenvalue weighted by molar-refractivity contribution is 5.86. The molecule has 2 N–H and O–H groups in total. The van der Waals surface area contributed by atoms with E-state index in [0.717, 1.165) is 22.4 Å². The van der Waals surface area contributed by atoms with E-state index in [1.807, 2.05) is 38.1 Å². The summed E-state index contributed by atoms with van der Waals surface area (Å²) in [5, 5.41) is 3.87. The molecule has 0 fully saturated rings. The third-order valence-corrected chi connectivity index (χ3v) is 3.48. The first-order chi connectivity index (χ1) is 10.1. The molecular weight excluding hydrogens is 268 g/mol. The molecule has 0 amide bonds. The van der Waals surface area contributed by atoms with Gasteiger partial charge >= 0.3 is 0 Å². The zero-order valence-electron chi connectivity index (χ0n) is 12.1. The first-order valence-corrected chi connectivity index (χ1v) is 6.56. The molecule has 2 heterocycles. The van der Waals surface area contributed by atoms with Gasteiger partial charge in [0.1, 0.15) is 5.75 Å². The molecule has 0 bridgehead atoms. The topological polar surface area (TPSA) is 74.4 Å². The Labute approximate surface area is 122 Å². The second-order valence-electron chi connectivity index (χ2n) is 4.89. The van der Waals surface area contributed by atoms with Gasteiger partial charge in [0, 0.05) is 0 Å². The fraction of sp³-hybridized carbons (Fsp3) is 0.188. The van der Waals surface area contributed by atoms with E-state index in [9.17, 15) is 0 Å². The number of rotatable bonds is 3. The molecule has 5 heteroatoms. The number of aromatic nitrogens is 1. The van der Waals surface area contributed by atoms with Crippen molar-refractivity contribution in [2.45, 2.75) is 13.8 Å². The van der Waals surface area contributed by atoms with E-state index in [4.69, 9.17) is 19.4 Å². The molecule has 3 rings (SSSR count). The maximum Gasteiger partial charge on any atom is 0.212 e. The van der Waals surface area contributed by atoms with Gasteiger partial charge in [-0.3, -0.25) is 0 Å². The zero-order valence-corrected chi connectivity index (χ0v) is 12.1. The van der Waals surface area contributed by atoms with Crippen LogP contribution in [0, 0.1) is 13.8 Å². The lowest BCUT2D eigenvalue weighted by Crippen LogP contribution is -1.92. The number of hydrogen-bond acceptors (Lipinski definition) is 5. The standard InChI is InChI=1S/C16H16N2O3/c1-9-4-5-11(8-12(9)19-3)13-15(21-18-16(13)17)14-10(2)6-7-20-14/h4-8H,1-3H3,(H2,17,18). The SMILES string of the molecule is COc1cc(-c2c(N)noc2-c2occc2C)ccc1C. The van der Waals surface area contributed by atoms with E-state index < -0.39 is 0 Å². The molecule has 108 valence electrons. The van der Waals surface area contributed by atoms with Crippen LogP contribution in [-0.4, -0.2) is 12.3 Å². The van der Waals surface area contributed by atoms with E-state index in [1.54, 1.807) is 13.4 Å². The van der Waals surface area contributed by atoms with Crippen molar-refractivity contribution in [1.82, 2.24) is 5.16 Å². The quantitative estimate of drug-likeness (QED) is 0.791. The van der Waals surface area contributed by atoms with E-state index in [1.165, 1.54) is 0 Å². The molecule has 0 aliphatic carbocycles. The molecule has 21 heavy (non-hydrogen) atoms. The summed E-state index contributed by atoms with van der Waals surface area (Å²) < 4.78 is 16.2. The Kier molecular flexibility index (Phi) is 3.17. The summed E-state index contributed by atoms with van der Waals surface area (Å²) >= 11 is 0. The normalized spacial score (nSPS) is 10.8. The maximum atomic E-state index is 5.97. The minimum absolute atomic E-state index is 0.326. The predicted octanol–water partition coefficient (Wildman–Crippen LogP) is 3.81. The van der Waals surface area contributed by atoms with Crippen molar-refractivity contribution in [1.29, 1.82) is 0 Å². The molecule has 0 aliphatic rings. The molecule has 0 saturated carbocycles. The van der Waals surface area contributed by atoms with Crippen LogP contribution in [0.1, 0.15) is 11.1 Å². The molecule has 3 aromatic rings. The monoisotopic (exact) mass is 284 g/mol. The lowest BCUT2D eigenvalue weighted by atomic mass is 10.0. The van der Waals surface area contributed by atoms with Crippen molar-refractivity contribution in [2.24, 2.45) is 0 Å². The number of aryl methyl sites for hydroxylation is 2. The summed E-state index contributed by atoms with van der Waals surface area (Å²) in [4.78, 5) is 0. The lowest BCUT2D eigenvalue weighted by molar-refractivity contribution is 0.412. The number of ether oxygens (including phenoxy) is 1. The summed E-state index contributed by atoms with van der Waals surface area (Å²) in [5.41, 5.74) is 9.58. The van der Waals surface area contributed by atoms with Gasteiger partial charge < -0.3 is 19.4 Å². The fourth-order valence-corrected chi connectivity index (χ4v) is 2.32. The second-order valence-corrected chi connectivity index (χ2v) is 4.89. The Morgan fingerprint density at radius 3 is 2.57 bits per heavy atom. The largest absolute Gasteiger partial charge is 0.496 e. The van der Waals surface area contributed by atoms with Crippen LogP contribution in [0.3, 0.4) is 0 Å². The highest BCUT2D eigenvalue weighted by atomic mass is 16.5. The van der Waals surface area contributed by atoms with Crippen LogP contribution in [-0.2, 0) is 0 Å². The third kappa shape index (κ3) is 2.16. The number of methoxy groups -OCH3 is 1. The number of hydrogen-bond donors (Lipinski definition) is 1. The zero-order chi connectivity index (χ0) is 15.0. The van der Waals surface area contributed by atoms with Gasteiger partial charge in [-0.2, -0.15) is 0 Å². The Morgan fingerprint density at radius 1 is 1.10 bits per heavy atom. The summed E-state index contributed by atoms with van der Waals surface area (Å²) in [6.07, 6.45) is 1.61. The third-order valence-electron chi connectivity index (χ3n) is 3.48. The number of nitrogens with zero attached hydrogens (tertiary/aromatic N) is 1. The number of furan rings is 1. The number of nitrogen functional groups attached to an aromatic ring is 1. The number of nitrogens with two attached hydrogens (primary N) is 1. The first kappa shape index (κ1) is 13.3. The van der Waals surface area contributed by atoms with Crippen LogP contribution in [0.15, 0.2) is 39.5 Å². The van der Waals surface area contributed by atoms with Gasteiger partial charge in [0.25, 0.3) is 0 Å². The van der Waals surface area contributed by atoms with Crippen molar-refractivity contribution in [2.75, 3.05) is 12.8 Å². The van der Waals surface area contributed by atoms with Gasteiger partial charge in [0.05, 0.1) is 18.9 Å². The lowest BCUT2D eigenvalue weighted by Gasteiger charge is -2.07. The molecule has 0 saturated heterocycles. The van der Waals surface area contributed by atoms with Crippen LogP contribution in [0.4, 0.5) is 5.82 Å². The minimum atomic E-state index is 0.326. The average molecular weight is 284 g/mol. The van der Waals surface area contributed by atoms with Crippen LogP contribution >= 0.6 is 0 Å². The summed E-state index contributed by atoms with van der Waals surface area (Å²) in [6, 6.07) is 7.72. The Hall–Kier alpha value is -2.69. The van der Waals surface area contributed by atoms with Crippen molar-refractivity contribution >= 4 is 5.82 Å². The van der Waals surface area contributed by atoms with E-state index in [-0.39, 0.29) is 0 Å². The van der Waals surface area contributed by atoms with E-state index in [0.29, 0.717) is 22.9 Å². The smallest absolute Gasteiger partial charge is 0.212 e. The fourth-order valence-electron chi connectivity index (χ4n) is 2.32. The van der Waals surface area contributed by atoms with Gasteiger partial charge in [0.15, 0.2) is 11.6 Å². The molecule has 0 aliphatic heterocycles. The molecule has 5 nitrogen and oxygen atoms in total. The van der Waals surface area contributed by atoms with Gasteiger partial charge in [-0.15, -0.1) is 0 Å². The summed E-state index contributed by atoms with van der Waals surface area (Å²) in [7, 11) is 1.64. The molecule has 0 spiro atoms. The first-order valence-electron chi connectivity index (χ1n) is 6.56. The highest BCUT2D eigenvalue weighted by Crippen LogP contribution is 2.39. The van der Waals surface area contributed by atoms with Crippen molar-refractivity contribution in [3.8, 4) is 28.4 Å². The minimum Gasteiger partial charge on any atom is -0.496 e. The molecule has 0 atom stereocenters. The van der Waals surface area contributed by atoms with Crippen LogP contribution in [0.5, 0.6) is 5.75 Å². The van der Waals surface area contributed by atoms with Gasteiger partial charge in [-0.25, -0.2) is 0 Å². The summed E-state index contributed by atoms with van der Waals surface area (Å²) in [6.45, 7) is 3.92. The van der Waals surface area contributed by atoms with Gasteiger partial charge in [-0.05, 0) is 42.7 Å². The molecule has 0 unspecified atom stereocenters. The van der Waals surface area contributed by atoms with Crippen molar-refractivity contribution in [3.05, 3.63) is 41.7 Å². The maximum absolute atomic E-state index is 5.97. The number of anilines is 1. The predicted molar refractivity (Wildman–Crippen MR) is 80.1 cm³/mol. The van der Waals surface area contributed by atoms with Gasteiger partial charge in [0.2, 0.25) is 5.76 Å². The van der Waals surface area contributed by atoms with Crippen molar-refractivity contribution in [3.63, 3.8) is 0 Å². The highest BCUT2D eigenvalue weighted by Gasteiger charge is 2.22. The van der Waals surface area contributed by atoms with Crippen LogP contribution in [0.25, 0.3) is 22.6 Å². The Balaban J connectivity index is 2.19. The van der Waals surface area contributed by atoms with E-state index >= 15 is 0 Å². The van der Waals surface area contributed by atoms with Crippen LogP contribution in [0.2, 0.25) is 0 Å². The van der Waals surface area contributed by atoms with Gasteiger partial charge in [-0.1, -0.05) is 17.3 Å². The second kappa shape index (κ2) is 5.01. The average Bonchev–Trinajstić information content (AvgIpc) is 3.05. The Morgan fingerprint density at radius 2 is 1.90 bits per heavy atom. The Bertz CT molecular complexity index is 787. The summed E-state index contributed by atoms with van der Waals surface area (Å²) in [5.74, 6) is 2.27. The van der Waals surface area contributed by atoms with Crippen LogP contribution < -0.4 is 10.5 Å². The molecule has 1 aromatic carbocycles. The molecular formula is C16H16N2O3. The number of benzene rings is 1. The van der Waals surface area contributed by atoms with E-state index in [2.05, 4.69) is 5.16 Å².